The van der Waals surface area contributed by atoms with Gasteiger partial charge < -0.3 is 10.2 Å². The Morgan fingerprint density at radius 3 is 2.61 bits per heavy atom. The molecule has 0 aromatic rings. The lowest BCUT2D eigenvalue weighted by molar-refractivity contribution is -0.131. The molecule has 0 saturated carbocycles. The topological polar surface area (TPSA) is 32.3 Å². The molecule has 2 rings (SSSR count). The second-order valence-corrected chi connectivity index (χ2v) is 7.22. The molecule has 0 radical (unpaired) electrons. The molecule has 1 unspecified atom stereocenters. The lowest BCUT2D eigenvalue weighted by Crippen LogP contribution is -2.45. The summed E-state index contributed by atoms with van der Waals surface area (Å²) in [6, 6.07) is 0. The number of piperidine rings is 1. The van der Waals surface area contributed by atoms with Crippen molar-refractivity contribution in [2.75, 3.05) is 43.9 Å². The highest BCUT2D eigenvalue weighted by atomic mass is 35.5. The Kier molecular flexibility index (Phi) is 7.84. The molecule has 0 aromatic carbocycles. The molecule has 2 fully saturated rings. The molecule has 0 aromatic heterocycles. The van der Waals surface area contributed by atoms with E-state index in [1.165, 1.54) is 5.75 Å². The van der Waals surface area contributed by atoms with Gasteiger partial charge in [0.2, 0.25) is 5.91 Å². The van der Waals surface area contributed by atoms with Crippen LogP contribution in [0, 0.1) is 5.92 Å². The second-order valence-electron chi connectivity index (χ2n) is 4.76. The Morgan fingerprint density at radius 2 is 2.06 bits per heavy atom. The van der Waals surface area contributed by atoms with Crippen LogP contribution < -0.4 is 5.32 Å². The Labute approximate surface area is 125 Å². The van der Waals surface area contributed by atoms with E-state index in [0.717, 1.165) is 49.9 Å². The Bertz CT molecular complexity index is 254. The van der Waals surface area contributed by atoms with Crippen LogP contribution in [0.5, 0.6) is 0 Å². The molecule has 1 atom stereocenters. The van der Waals surface area contributed by atoms with E-state index in [4.69, 9.17) is 0 Å². The summed E-state index contributed by atoms with van der Waals surface area (Å²) < 4.78 is 0. The van der Waals surface area contributed by atoms with E-state index < -0.39 is 0 Å². The van der Waals surface area contributed by atoms with Gasteiger partial charge in [0.1, 0.15) is 0 Å². The third kappa shape index (κ3) is 4.51. The van der Waals surface area contributed by atoms with Crippen molar-refractivity contribution in [3.05, 3.63) is 0 Å². The predicted molar refractivity (Wildman–Crippen MR) is 84.0 cm³/mol. The molecule has 18 heavy (non-hydrogen) atoms. The van der Waals surface area contributed by atoms with E-state index >= 15 is 0 Å². The van der Waals surface area contributed by atoms with Crippen molar-refractivity contribution >= 4 is 41.8 Å². The molecular weight excluding hydrogens is 288 g/mol. The molecule has 0 bridgehead atoms. The lowest BCUT2D eigenvalue weighted by atomic mass is 9.97. The van der Waals surface area contributed by atoms with Crippen LogP contribution in [0.4, 0.5) is 0 Å². The molecule has 1 amide bonds. The molecule has 106 valence electrons. The first-order chi connectivity index (χ1) is 8.31. The van der Waals surface area contributed by atoms with Crippen molar-refractivity contribution in [1.29, 1.82) is 0 Å². The first-order valence-electron chi connectivity index (χ1n) is 6.44. The summed E-state index contributed by atoms with van der Waals surface area (Å²) in [6.45, 7) is 3.02. The number of nitrogens with zero attached hydrogens (tertiary/aromatic N) is 1. The van der Waals surface area contributed by atoms with Crippen LogP contribution in [-0.4, -0.2) is 60.0 Å². The molecule has 0 spiro atoms. The summed E-state index contributed by atoms with van der Waals surface area (Å²) in [5, 5.41) is 3.47. The minimum Gasteiger partial charge on any atom is -0.342 e. The number of amides is 1. The first kappa shape index (κ1) is 16.5. The Balaban J connectivity index is 0.00000162. The number of halogens is 1. The largest absolute Gasteiger partial charge is 0.342 e. The molecule has 2 aliphatic rings. The molecule has 1 N–H and O–H groups in total. The summed E-state index contributed by atoms with van der Waals surface area (Å²) in [5.41, 5.74) is 0. The maximum atomic E-state index is 12.3. The summed E-state index contributed by atoms with van der Waals surface area (Å²) >= 11 is 3.78. The van der Waals surface area contributed by atoms with Crippen LogP contribution in [0.25, 0.3) is 0 Å². The quantitative estimate of drug-likeness (QED) is 0.860. The van der Waals surface area contributed by atoms with Crippen molar-refractivity contribution in [2.45, 2.75) is 18.1 Å². The second kappa shape index (κ2) is 8.56. The monoisotopic (exact) mass is 310 g/mol. The van der Waals surface area contributed by atoms with E-state index in [-0.39, 0.29) is 17.7 Å². The third-order valence-electron chi connectivity index (χ3n) is 3.51. The van der Waals surface area contributed by atoms with Crippen LogP contribution in [0.15, 0.2) is 0 Å². The highest BCUT2D eigenvalue weighted by Crippen LogP contribution is 2.27. The van der Waals surface area contributed by atoms with Crippen molar-refractivity contribution in [3.63, 3.8) is 0 Å². The van der Waals surface area contributed by atoms with E-state index in [1.54, 1.807) is 0 Å². The SMILES string of the molecule is CNCC1CCN(C(=O)C2CSCCS2)CC1.Cl. The maximum absolute atomic E-state index is 12.3. The number of rotatable bonds is 3. The van der Waals surface area contributed by atoms with Crippen molar-refractivity contribution in [1.82, 2.24) is 10.2 Å². The van der Waals surface area contributed by atoms with Gasteiger partial charge >= 0.3 is 0 Å². The van der Waals surface area contributed by atoms with Crippen LogP contribution in [0.3, 0.4) is 0 Å². The van der Waals surface area contributed by atoms with Gasteiger partial charge in [0.25, 0.3) is 0 Å². The smallest absolute Gasteiger partial charge is 0.236 e. The van der Waals surface area contributed by atoms with Crippen LogP contribution in [-0.2, 0) is 4.79 Å². The molecular formula is C12H23ClN2OS2. The Hall–Kier alpha value is 0.420. The average molecular weight is 311 g/mol. The van der Waals surface area contributed by atoms with Crippen LogP contribution in [0.1, 0.15) is 12.8 Å². The number of carbonyl (C=O) groups excluding carboxylic acids is 1. The van der Waals surface area contributed by atoms with Crippen molar-refractivity contribution < 1.29 is 4.79 Å². The maximum Gasteiger partial charge on any atom is 0.236 e. The van der Waals surface area contributed by atoms with Gasteiger partial charge in [-0.25, -0.2) is 0 Å². The lowest BCUT2D eigenvalue weighted by Gasteiger charge is -2.34. The zero-order valence-corrected chi connectivity index (χ0v) is 13.3. The predicted octanol–water partition coefficient (Wildman–Crippen LogP) is 1.71. The van der Waals surface area contributed by atoms with Gasteiger partial charge in [0, 0.05) is 30.3 Å². The van der Waals surface area contributed by atoms with E-state index in [0.29, 0.717) is 5.91 Å². The van der Waals surface area contributed by atoms with E-state index in [1.807, 2.05) is 30.6 Å². The minimum absolute atomic E-state index is 0. The van der Waals surface area contributed by atoms with Gasteiger partial charge in [0.05, 0.1) is 5.25 Å². The first-order valence-corrected chi connectivity index (χ1v) is 8.64. The fourth-order valence-corrected chi connectivity index (χ4v) is 5.11. The molecule has 6 heteroatoms. The van der Waals surface area contributed by atoms with Crippen LogP contribution >= 0.6 is 35.9 Å². The fourth-order valence-electron chi connectivity index (χ4n) is 2.48. The number of thioether (sulfide) groups is 2. The summed E-state index contributed by atoms with van der Waals surface area (Å²) in [6.07, 6.45) is 2.33. The number of hydrogen-bond donors (Lipinski definition) is 1. The van der Waals surface area contributed by atoms with E-state index in [2.05, 4.69) is 10.2 Å². The van der Waals surface area contributed by atoms with Gasteiger partial charge in [-0.15, -0.1) is 24.2 Å². The number of hydrogen-bond acceptors (Lipinski definition) is 4. The molecule has 2 saturated heterocycles. The molecule has 2 heterocycles. The number of likely N-dealkylation sites (tertiary alicyclic amines) is 1. The normalized spacial score (nSPS) is 25.6. The zero-order valence-electron chi connectivity index (χ0n) is 10.9. The summed E-state index contributed by atoms with van der Waals surface area (Å²) in [7, 11) is 2.01. The average Bonchev–Trinajstić information content (AvgIpc) is 2.40. The molecule has 0 aliphatic carbocycles. The molecule has 2 aliphatic heterocycles. The Morgan fingerprint density at radius 1 is 1.33 bits per heavy atom. The van der Waals surface area contributed by atoms with Gasteiger partial charge in [-0.3, -0.25) is 4.79 Å². The minimum atomic E-state index is 0. The van der Waals surface area contributed by atoms with E-state index in [9.17, 15) is 4.79 Å². The summed E-state index contributed by atoms with van der Waals surface area (Å²) in [5.74, 6) is 4.51. The number of carbonyl (C=O) groups is 1. The standard InChI is InChI=1S/C12H22N2OS2.ClH/c1-13-8-10-2-4-14(5-3-10)12(15)11-9-16-6-7-17-11;/h10-11,13H,2-9H2,1H3;1H. The van der Waals surface area contributed by atoms with Crippen molar-refractivity contribution in [2.24, 2.45) is 5.92 Å². The van der Waals surface area contributed by atoms with Gasteiger partial charge in [-0.05, 0) is 32.4 Å². The van der Waals surface area contributed by atoms with Crippen LogP contribution in [0.2, 0.25) is 0 Å². The van der Waals surface area contributed by atoms with Gasteiger partial charge in [0.15, 0.2) is 0 Å². The highest BCUT2D eigenvalue weighted by Gasteiger charge is 2.29. The van der Waals surface area contributed by atoms with Gasteiger partial charge in [-0.2, -0.15) is 11.8 Å². The van der Waals surface area contributed by atoms with Gasteiger partial charge in [-0.1, -0.05) is 0 Å². The number of nitrogens with one attached hydrogen (secondary N) is 1. The highest BCUT2D eigenvalue weighted by molar-refractivity contribution is 8.07. The molecule has 3 nitrogen and oxygen atoms in total. The zero-order chi connectivity index (χ0) is 12.1. The third-order valence-corrected chi connectivity index (χ3v) is 6.25. The van der Waals surface area contributed by atoms with Crippen molar-refractivity contribution in [3.8, 4) is 0 Å². The summed E-state index contributed by atoms with van der Waals surface area (Å²) in [4.78, 5) is 14.4. The fraction of sp³-hybridized carbons (Fsp3) is 0.917.